The molecule has 0 radical (unpaired) electrons. The lowest BCUT2D eigenvalue weighted by atomic mass is 10.1. The summed E-state index contributed by atoms with van der Waals surface area (Å²) < 4.78 is 9.74. The van der Waals surface area contributed by atoms with Crippen molar-refractivity contribution in [2.45, 2.75) is 25.4 Å². The number of amides is 2. The molecule has 1 aliphatic heterocycles. The summed E-state index contributed by atoms with van der Waals surface area (Å²) in [5, 5.41) is 6.47. The highest BCUT2D eigenvalue weighted by atomic mass is 32.1. The number of hydrogen-bond donors (Lipinski definition) is 3. The van der Waals surface area contributed by atoms with Gasteiger partial charge in [0.2, 0.25) is 0 Å². The van der Waals surface area contributed by atoms with Gasteiger partial charge in [0.25, 0.3) is 0 Å². The number of ether oxygens (including phenoxy) is 1. The van der Waals surface area contributed by atoms with E-state index >= 15 is 0 Å². The van der Waals surface area contributed by atoms with E-state index in [9.17, 15) is 4.79 Å². The molecule has 2 aromatic rings. The molecule has 2 amide bonds. The zero-order valence-corrected chi connectivity index (χ0v) is 13.6. The summed E-state index contributed by atoms with van der Waals surface area (Å²) in [4.78, 5) is 12.0. The fourth-order valence-electron chi connectivity index (χ4n) is 2.47. The van der Waals surface area contributed by atoms with Gasteiger partial charge in [-0.2, -0.15) is 4.37 Å². The van der Waals surface area contributed by atoms with Crippen molar-refractivity contribution in [1.29, 1.82) is 0 Å². The SMILES string of the molecule is NCc1ccc(-c2cc(NC(=O)N[C@H]3CCCOC3)sn2)cc1. The number of urea groups is 1. The summed E-state index contributed by atoms with van der Waals surface area (Å²) in [6.07, 6.45) is 1.93. The third-order valence-corrected chi connectivity index (χ3v) is 4.43. The molecule has 3 rings (SSSR count). The number of nitrogens with zero attached hydrogens (tertiary/aromatic N) is 1. The van der Waals surface area contributed by atoms with Crippen LogP contribution in [0.15, 0.2) is 30.3 Å². The van der Waals surface area contributed by atoms with Crippen LogP contribution in [-0.2, 0) is 11.3 Å². The van der Waals surface area contributed by atoms with E-state index in [1.807, 2.05) is 30.3 Å². The number of carbonyl (C=O) groups is 1. The van der Waals surface area contributed by atoms with E-state index in [2.05, 4.69) is 15.0 Å². The maximum Gasteiger partial charge on any atom is 0.320 e. The Morgan fingerprint density at radius 1 is 1.39 bits per heavy atom. The van der Waals surface area contributed by atoms with Crippen LogP contribution in [0.1, 0.15) is 18.4 Å². The van der Waals surface area contributed by atoms with Crippen LogP contribution in [0.3, 0.4) is 0 Å². The van der Waals surface area contributed by atoms with Crippen LogP contribution in [0, 0.1) is 0 Å². The molecular weight excluding hydrogens is 312 g/mol. The third kappa shape index (κ3) is 4.28. The molecule has 23 heavy (non-hydrogen) atoms. The molecule has 6 nitrogen and oxygen atoms in total. The van der Waals surface area contributed by atoms with Crippen molar-refractivity contribution < 1.29 is 9.53 Å². The number of nitrogens with two attached hydrogens (primary N) is 1. The largest absolute Gasteiger partial charge is 0.379 e. The molecule has 7 heteroatoms. The summed E-state index contributed by atoms with van der Waals surface area (Å²) in [6.45, 7) is 1.88. The van der Waals surface area contributed by atoms with Crippen molar-refractivity contribution >= 4 is 22.6 Å². The maximum absolute atomic E-state index is 12.0. The topological polar surface area (TPSA) is 89.3 Å². The van der Waals surface area contributed by atoms with E-state index in [1.54, 1.807) is 0 Å². The molecule has 1 aliphatic rings. The Labute approximate surface area is 139 Å². The van der Waals surface area contributed by atoms with Gasteiger partial charge < -0.3 is 15.8 Å². The Bertz CT molecular complexity index is 650. The number of nitrogens with one attached hydrogen (secondary N) is 2. The summed E-state index contributed by atoms with van der Waals surface area (Å²) >= 11 is 1.27. The first-order chi connectivity index (χ1) is 11.2. The van der Waals surface area contributed by atoms with Gasteiger partial charge in [-0.1, -0.05) is 24.3 Å². The molecule has 1 aromatic heterocycles. The number of hydrogen-bond acceptors (Lipinski definition) is 5. The Morgan fingerprint density at radius 2 is 2.22 bits per heavy atom. The van der Waals surface area contributed by atoms with E-state index in [1.165, 1.54) is 11.5 Å². The number of anilines is 1. The second-order valence-corrected chi connectivity index (χ2v) is 6.29. The van der Waals surface area contributed by atoms with Crippen LogP contribution in [0.2, 0.25) is 0 Å². The normalized spacial score (nSPS) is 17.7. The Hall–Kier alpha value is -1.96. The minimum atomic E-state index is -0.214. The molecule has 1 aromatic carbocycles. The number of carbonyl (C=O) groups excluding carboxylic acids is 1. The molecule has 4 N–H and O–H groups in total. The monoisotopic (exact) mass is 332 g/mol. The maximum atomic E-state index is 12.0. The van der Waals surface area contributed by atoms with Crippen molar-refractivity contribution in [2.75, 3.05) is 18.5 Å². The first kappa shape index (κ1) is 15.9. The lowest BCUT2D eigenvalue weighted by Crippen LogP contribution is -2.42. The fraction of sp³-hybridized carbons (Fsp3) is 0.375. The molecule has 0 bridgehead atoms. The van der Waals surface area contributed by atoms with Crippen LogP contribution in [0.25, 0.3) is 11.3 Å². The minimum absolute atomic E-state index is 0.0833. The number of benzene rings is 1. The molecule has 0 spiro atoms. The molecule has 2 heterocycles. The highest BCUT2D eigenvalue weighted by Crippen LogP contribution is 2.25. The van der Waals surface area contributed by atoms with Gasteiger partial charge in [-0.15, -0.1) is 0 Å². The van der Waals surface area contributed by atoms with Crippen molar-refractivity contribution in [3.8, 4) is 11.3 Å². The fourth-order valence-corrected chi connectivity index (χ4v) is 3.13. The van der Waals surface area contributed by atoms with Crippen LogP contribution >= 0.6 is 11.5 Å². The first-order valence-electron chi connectivity index (χ1n) is 7.66. The van der Waals surface area contributed by atoms with E-state index in [0.29, 0.717) is 13.2 Å². The quantitative estimate of drug-likeness (QED) is 0.803. The van der Waals surface area contributed by atoms with E-state index in [4.69, 9.17) is 10.5 Å². The van der Waals surface area contributed by atoms with Crippen molar-refractivity contribution in [3.63, 3.8) is 0 Å². The predicted octanol–water partition coefficient (Wildman–Crippen LogP) is 2.57. The lowest BCUT2D eigenvalue weighted by molar-refractivity contribution is 0.0739. The second-order valence-electron chi connectivity index (χ2n) is 5.49. The van der Waals surface area contributed by atoms with Gasteiger partial charge in [0.15, 0.2) is 0 Å². The van der Waals surface area contributed by atoms with Gasteiger partial charge in [-0.05, 0) is 29.9 Å². The zero-order valence-electron chi connectivity index (χ0n) is 12.7. The van der Waals surface area contributed by atoms with Gasteiger partial charge in [0.05, 0.1) is 18.3 Å². The Balaban J connectivity index is 1.58. The highest BCUT2D eigenvalue weighted by molar-refractivity contribution is 7.10. The van der Waals surface area contributed by atoms with Gasteiger partial charge in [-0.25, -0.2) is 4.79 Å². The third-order valence-electron chi connectivity index (χ3n) is 3.73. The highest BCUT2D eigenvalue weighted by Gasteiger charge is 2.16. The van der Waals surface area contributed by atoms with E-state index in [-0.39, 0.29) is 12.1 Å². The van der Waals surface area contributed by atoms with Gasteiger partial charge in [0, 0.05) is 24.8 Å². The molecule has 1 fully saturated rings. The molecule has 1 atom stereocenters. The average molecular weight is 332 g/mol. The standard InChI is InChI=1S/C16H20N4O2S/c17-9-11-3-5-12(6-4-11)14-8-15(23-20-14)19-16(21)18-13-2-1-7-22-10-13/h3-6,8,13H,1-2,7,9-10,17H2,(H2,18,19,21)/t13-/m0/s1. The first-order valence-corrected chi connectivity index (χ1v) is 8.43. The van der Waals surface area contributed by atoms with Gasteiger partial charge >= 0.3 is 6.03 Å². The minimum Gasteiger partial charge on any atom is -0.379 e. The molecule has 0 saturated carbocycles. The number of aromatic nitrogens is 1. The predicted molar refractivity (Wildman–Crippen MR) is 91.4 cm³/mol. The van der Waals surface area contributed by atoms with Gasteiger partial charge in [0.1, 0.15) is 5.00 Å². The molecular formula is C16H20N4O2S. The zero-order chi connectivity index (χ0) is 16.1. The van der Waals surface area contributed by atoms with Crippen LogP contribution in [0.5, 0.6) is 0 Å². The molecule has 122 valence electrons. The molecule has 0 aliphatic carbocycles. The summed E-state index contributed by atoms with van der Waals surface area (Å²) in [5.74, 6) is 0. The smallest absolute Gasteiger partial charge is 0.320 e. The van der Waals surface area contributed by atoms with Crippen molar-refractivity contribution in [2.24, 2.45) is 5.73 Å². The Kier molecular flexibility index (Phi) is 5.22. The molecule has 0 unspecified atom stereocenters. The summed E-state index contributed by atoms with van der Waals surface area (Å²) in [6, 6.07) is 9.68. The van der Waals surface area contributed by atoms with E-state index in [0.717, 1.165) is 41.3 Å². The van der Waals surface area contributed by atoms with Gasteiger partial charge in [-0.3, -0.25) is 5.32 Å². The number of rotatable bonds is 4. The molecule has 1 saturated heterocycles. The second kappa shape index (κ2) is 7.54. The Morgan fingerprint density at radius 3 is 2.91 bits per heavy atom. The van der Waals surface area contributed by atoms with Crippen molar-refractivity contribution in [1.82, 2.24) is 9.69 Å². The van der Waals surface area contributed by atoms with Crippen LogP contribution in [0.4, 0.5) is 9.80 Å². The summed E-state index contributed by atoms with van der Waals surface area (Å²) in [7, 11) is 0. The van der Waals surface area contributed by atoms with Crippen molar-refractivity contribution in [3.05, 3.63) is 35.9 Å². The van der Waals surface area contributed by atoms with Crippen LogP contribution < -0.4 is 16.4 Å². The van der Waals surface area contributed by atoms with Crippen LogP contribution in [-0.4, -0.2) is 29.7 Å². The van der Waals surface area contributed by atoms with E-state index < -0.39 is 0 Å². The summed E-state index contributed by atoms with van der Waals surface area (Å²) in [5.41, 5.74) is 8.53. The average Bonchev–Trinajstić information content (AvgIpc) is 3.04. The lowest BCUT2D eigenvalue weighted by Gasteiger charge is -2.22.